The molecule has 0 saturated carbocycles. The van der Waals surface area contributed by atoms with Crippen LogP contribution in [0.2, 0.25) is 0 Å². The number of rotatable bonds is 0. The van der Waals surface area contributed by atoms with Gasteiger partial charge in [-0.15, -0.1) is 0 Å². The summed E-state index contributed by atoms with van der Waals surface area (Å²) < 4.78 is 5.35. The first-order chi connectivity index (χ1) is 8.90. The third-order valence-corrected chi connectivity index (χ3v) is 3.55. The van der Waals surface area contributed by atoms with Crippen LogP contribution in [0.25, 0.3) is 27.6 Å². The summed E-state index contributed by atoms with van der Waals surface area (Å²) in [6, 6.07) is 17.5. The molecule has 3 aromatic rings. The van der Waals surface area contributed by atoms with Crippen molar-refractivity contribution in [1.82, 2.24) is 0 Å². The second-order valence-electron chi connectivity index (χ2n) is 4.71. The molecule has 18 heavy (non-hydrogen) atoms. The predicted molar refractivity (Wildman–Crippen MR) is 75.3 cm³/mol. The third-order valence-electron chi connectivity index (χ3n) is 3.55. The van der Waals surface area contributed by atoms with Gasteiger partial charge in [0.05, 0.1) is 6.26 Å². The molecule has 1 heteroatoms. The zero-order chi connectivity index (χ0) is 11.9. The van der Waals surface area contributed by atoms with Gasteiger partial charge in [0.2, 0.25) is 0 Å². The lowest BCUT2D eigenvalue weighted by molar-refractivity contribution is 0.234. The minimum absolute atomic E-state index is 0.675. The first kappa shape index (κ1) is 9.72. The Labute approximate surface area is 105 Å². The fourth-order valence-electron chi connectivity index (χ4n) is 2.60. The van der Waals surface area contributed by atoms with Crippen molar-refractivity contribution in [2.45, 2.75) is 6.61 Å². The molecule has 0 unspecified atom stereocenters. The fourth-order valence-corrected chi connectivity index (χ4v) is 2.60. The van der Waals surface area contributed by atoms with E-state index in [2.05, 4.69) is 48.5 Å². The highest BCUT2D eigenvalue weighted by Gasteiger charge is 2.07. The van der Waals surface area contributed by atoms with Crippen molar-refractivity contribution >= 4 is 27.6 Å². The smallest absolute Gasteiger partial charge is 0.113 e. The summed E-state index contributed by atoms with van der Waals surface area (Å²) in [7, 11) is 0. The minimum atomic E-state index is 0.675. The van der Waals surface area contributed by atoms with Gasteiger partial charge in [-0.3, -0.25) is 0 Å². The summed E-state index contributed by atoms with van der Waals surface area (Å²) in [6.45, 7) is 0.675. The average Bonchev–Trinajstić information content (AvgIpc) is 2.42. The molecule has 1 aliphatic heterocycles. The Bertz CT molecular complexity index is 784. The van der Waals surface area contributed by atoms with Gasteiger partial charge in [-0.1, -0.05) is 24.3 Å². The molecule has 0 bridgehead atoms. The topological polar surface area (TPSA) is 9.23 Å². The summed E-state index contributed by atoms with van der Waals surface area (Å²) in [4.78, 5) is 0. The van der Waals surface area contributed by atoms with Crippen molar-refractivity contribution in [3.8, 4) is 0 Å². The normalized spacial score (nSPS) is 13.6. The first-order valence-corrected chi connectivity index (χ1v) is 6.14. The average molecular weight is 232 g/mol. The zero-order valence-electron chi connectivity index (χ0n) is 9.89. The Balaban J connectivity index is 2.09. The van der Waals surface area contributed by atoms with Gasteiger partial charge in [-0.25, -0.2) is 0 Å². The number of benzene rings is 3. The van der Waals surface area contributed by atoms with E-state index in [0.717, 1.165) is 0 Å². The van der Waals surface area contributed by atoms with Gasteiger partial charge in [0.1, 0.15) is 6.61 Å². The van der Waals surface area contributed by atoms with Crippen LogP contribution in [0.5, 0.6) is 0 Å². The molecular weight excluding hydrogens is 220 g/mol. The van der Waals surface area contributed by atoms with Crippen molar-refractivity contribution in [3.63, 3.8) is 0 Å². The highest BCUT2D eigenvalue weighted by molar-refractivity contribution is 5.99. The SMILES string of the molecule is C1=Cc2cc3cc4ccccc4cc3cc2CO1. The summed E-state index contributed by atoms with van der Waals surface area (Å²) in [6.07, 6.45) is 3.81. The molecule has 0 spiro atoms. The van der Waals surface area contributed by atoms with E-state index in [1.165, 1.54) is 32.7 Å². The maximum atomic E-state index is 5.35. The summed E-state index contributed by atoms with van der Waals surface area (Å²) >= 11 is 0. The van der Waals surface area contributed by atoms with Crippen LogP contribution in [-0.4, -0.2) is 0 Å². The van der Waals surface area contributed by atoms with Gasteiger partial charge in [-0.2, -0.15) is 0 Å². The van der Waals surface area contributed by atoms with E-state index in [1.54, 1.807) is 6.26 Å². The molecule has 3 aromatic carbocycles. The standard InChI is InChI=1S/C17H12O/c1-2-4-13-8-16-10-17-11-18-6-5-14(17)9-15(16)7-12(13)3-1/h1-10H,11H2. The fraction of sp³-hybridized carbons (Fsp3) is 0.0588. The molecule has 0 aromatic heterocycles. The van der Waals surface area contributed by atoms with Crippen LogP contribution in [0, 0.1) is 0 Å². The Kier molecular flexibility index (Phi) is 1.95. The third kappa shape index (κ3) is 1.41. The molecular formula is C17H12O. The van der Waals surface area contributed by atoms with Crippen molar-refractivity contribution < 1.29 is 4.74 Å². The van der Waals surface area contributed by atoms with Crippen molar-refractivity contribution in [2.75, 3.05) is 0 Å². The van der Waals surface area contributed by atoms with E-state index in [-0.39, 0.29) is 0 Å². The van der Waals surface area contributed by atoms with Gasteiger partial charge in [-0.05, 0) is 63.0 Å². The summed E-state index contributed by atoms with van der Waals surface area (Å²) in [5.74, 6) is 0. The molecule has 0 N–H and O–H groups in total. The van der Waals surface area contributed by atoms with E-state index >= 15 is 0 Å². The highest BCUT2D eigenvalue weighted by Crippen LogP contribution is 2.28. The van der Waals surface area contributed by atoms with Crippen LogP contribution in [0.1, 0.15) is 11.1 Å². The summed E-state index contributed by atoms with van der Waals surface area (Å²) in [5, 5.41) is 5.16. The van der Waals surface area contributed by atoms with Gasteiger partial charge in [0, 0.05) is 0 Å². The second kappa shape index (κ2) is 3.61. The first-order valence-electron chi connectivity index (χ1n) is 6.14. The number of ether oxygens (including phenoxy) is 1. The minimum Gasteiger partial charge on any atom is -0.496 e. The lowest BCUT2D eigenvalue weighted by Crippen LogP contribution is -1.96. The van der Waals surface area contributed by atoms with Crippen molar-refractivity contribution in [3.05, 3.63) is 65.9 Å². The molecule has 4 rings (SSSR count). The van der Waals surface area contributed by atoms with Crippen LogP contribution < -0.4 is 0 Å². The van der Waals surface area contributed by atoms with Crippen LogP contribution in [0.15, 0.2) is 54.8 Å². The van der Waals surface area contributed by atoms with Crippen molar-refractivity contribution in [2.24, 2.45) is 0 Å². The van der Waals surface area contributed by atoms with Gasteiger partial charge in [0.15, 0.2) is 0 Å². The molecule has 1 heterocycles. The molecule has 0 atom stereocenters. The van der Waals surface area contributed by atoms with Gasteiger partial charge >= 0.3 is 0 Å². The molecule has 0 aliphatic carbocycles. The highest BCUT2D eigenvalue weighted by atomic mass is 16.5. The van der Waals surface area contributed by atoms with Crippen LogP contribution in [0.3, 0.4) is 0 Å². The maximum absolute atomic E-state index is 5.35. The van der Waals surface area contributed by atoms with Crippen LogP contribution >= 0.6 is 0 Å². The van der Waals surface area contributed by atoms with E-state index in [0.29, 0.717) is 6.61 Å². The molecule has 0 saturated heterocycles. The maximum Gasteiger partial charge on any atom is 0.113 e. The van der Waals surface area contributed by atoms with Gasteiger partial charge < -0.3 is 4.74 Å². The van der Waals surface area contributed by atoms with Crippen LogP contribution in [0.4, 0.5) is 0 Å². The monoisotopic (exact) mass is 232 g/mol. The van der Waals surface area contributed by atoms with E-state index in [1.807, 2.05) is 6.08 Å². The number of fused-ring (bicyclic) bond motifs is 3. The molecule has 1 aliphatic rings. The van der Waals surface area contributed by atoms with E-state index in [4.69, 9.17) is 4.74 Å². The molecule has 0 fully saturated rings. The Morgan fingerprint density at radius 3 is 2.28 bits per heavy atom. The molecule has 0 radical (unpaired) electrons. The Morgan fingerprint density at radius 1 is 0.778 bits per heavy atom. The van der Waals surface area contributed by atoms with E-state index in [9.17, 15) is 0 Å². The lowest BCUT2D eigenvalue weighted by atomic mass is 9.97. The van der Waals surface area contributed by atoms with Crippen molar-refractivity contribution in [1.29, 1.82) is 0 Å². The number of hydrogen-bond donors (Lipinski definition) is 0. The zero-order valence-corrected chi connectivity index (χ0v) is 9.89. The molecule has 86 valence electrons. The Hall–Kier alpha value is -2.28. The largest absolute Gasteiger partial charge is 0.496 e. The second-order valence-corrected chi connectivity index (χ2v) is 4.71. The quantitative estimate of drug-likeness (QED) is 0.519. The predicted octanol–water partition coefficient (Wildman–Crippen LogP) is 4.49. The summed E-state index contributed by atoms with van der Waals surface area (Å²) in [5.41, 5.74) is 2.53. The molecule has 0 amide bonds. The van der Waals surface area contributed by atoms with E-state index < -0.39 is 0 Å². The molecule has 1 nitrogen and oxygen atoms in total. The van der Waals surface area contributed by atoms with Gasteiger partial charge in [0.25, 0.3) is 0 Å². The van der Waals surface area contributed by atoms with Crippen LogP contribution in [-0.2, 0) is 11.3 Å². The Morgan fingerprint density at radius 2 is 1.50 bits per heavy atom. The number of hydrogen-bond acceptors (Lipinski definition) is 1. The lowest BCUT2D eigenvalue weighted by Gasteiger charge is -2.13.